The van der Waals surface area contributed by atoms with Gasteiger partial charge < -0.3 is 15.7 Å². The van der Waals surface area contributed by atoms with E-state index in [1.165, 1.54) is 0 Å². The lowest BCUT2D eigenvalue weighted by molar-refractivity contribution is 0.0724. The SMILES string of the molecule is CN=C(NCCc1ccc(Cl)cc1Cl)NCC1(O)CCSC1.I. The fraction of sp³-hybridized carbons (Fsp3) is 0.533. The summed E-state index contributed by atoms with van der Waals surface area (Å²) >= 11 is 13.8. The summed E-state index contributed by atoms with van der Waals surface area (Å²) in [5.74, 6) is 2.48. The molecule has 130 valence electrons. The number of rotatable bonds is 5. The molecule has 1 aromatic carbocycles. The summed E-state index contributed by atoms with van der Waals surface area (Å²) < 4.78 is 0. The molecule has 0 saturated carbocycles. The molecule has 2 rings (SSSR count). The Labute approximate surface area is 168 Å². The molecule has 0 radical (unpaired) electrons. The van der Waals surface area contributed by atoms with Crippen LogP contribution in [0, 0.1) is 0 Å². The monoisotopic (exact) mass is 489 g/mol. The Kier molecular flexibility index (Phi) is 9.36. The second-order valence-corrected chi connectivity index (χ2v) is 7.31. The van der Waals surface area contributed by atoms with E-state index in [9.17, 15) is 5.11 Å². The summed E-state index contributed by atoms with van der Waals surface area (Å²) in [6.45, 7) is 1.22. The van der Waals surface area contributed by atoms with Gasteiger partial charge >= 0.3 is 0 Å². The number of aliphatic imine (C=N–C) groups is 1. The van der Waals surface area contributed by atoms with Gasteiger partial charge in [-0.25, -0.2) is 0 Å². The van der Waals surface area contributed by atoms with E-state index in [0.717, 1.165) is 29.9 Å². The van der Waals surface area contributed by atoms with E-state index in [2.05, 4.69) is 15.6 Å². The molecule has 3 N–H and O–H groups in total. The van der Waals surface area contributed by atoms with Crippen molar-refractivity contribution in [1.82, 2.24) is 10.6 Å². The van der Waals surface area contributed by atoms with Gasteiger partial charge in [0, 0.05) is 35.9 Å². The molecule has 8 heteroatoms. The van der Waals surface area contributed by atoms with E-state index in [4.69, 9.17) is 23.2 Å². The van der Waals surface area contributed by atoms with Crippen LogP contribution in [0.25, 0.3) is 0 Å². The van der Waals surface area contributed by atoms with E-state index in [-0.39, 0.29) is 24.0 Å². The summed E-state index contributed by atoms with van der Waals surface area (Å²) in [6.07, 6.45) is 1.60. The van der Waals surface area contributed by atoms with Crippen molar-refractivity contribution in [3.8, 4) is 0 Å². The molecule has 0 aliphatic carbocycles. The van der Waals surface area contributed by atoms with Crippen LogP contribution < -0.4 is 10.6 Å². The van der Waals surface area contributed by atoms with E-state index in [1.54, 1.807) is 24.9 Å². The molecule has 1 fully saturated rings. The normalized spacial score (nSPS) is 21.0. The zero-order valence-corrected chi connectivity index (χ0v) is 17.6. The van der Waals surface area contributed by atoms with Crippen LogP contribution in [-0.2, 0) is 6.42 Å². The number of nitrogens with zero attached hydrogens (tertiary/aromatic N) is 1. The van der Waals surface area contributed by atoms with E-state index >= 15 is 0 Å². The van der Waals surface area contributed by atoms with Crippen LogP contribution in [0.1, 0.15) is 12.0 Å². The van der Waals surface area contributed by atoms with Crippen molar-refractivity contribution in [1.29, 1.82) is 0 Å². The van der Waals surface area contributed by atoms with Crippen molar-refractivity contribution >= 4 is 64.9 Å². The van der Waals surface area contributed by atoms with Gasteiger partial charge in [-0.05, 0) is 36.3 Å². The summed E-state index contributed by atoms with van der Waals surface area (Å²) in [6, 6.07) is 5.52. The number of guanidine groups is 1. The van der Waals surface area contributed by atoms with E-state index in [1.807, 2.05) is 12.1 Å². The zero-order chi connectivity index (χ0) is 16.0. The molecule has 0 aromatic heterocycles. The number of halogens is 3. The van der Waals surface area contributed by atoms with Crippen molar-refractivity contribution in [2.75, 3.05) is 31.6 Å². The standard InChI is InChI=1S/C15H21Cl2N3OS.HI/c1-18-14(20-9-15(21)5-7-22-10-15)19-6-4-11-2-3-12(16)8-13(11)17;/h2-3,8,21H,4-7,9-10H2,1H3,(H2,18,19,20);1H. The Morgan fingerprint density at radius 1 is 1.39 bits per heavy atom. The number of benzene rings is 1. The second-order valence-electron chi connectivity index (χ2n) is 5.37. The van der Waals surface area contributed by atoms with Gasteiger partial charge in [-0.1, -0.05) is 29.3 Å². The molecular formula is C15H22Cl2IN3OS. The first-order chi connectivity index (χ1) is 10.5. The van der Waals surface area contributed by atoms with Crippen molar-refractivity contribution < 1.29 is 5.11 Å². The molecule has 1 aromatic rings. The Hall–Kier alpha value is 0.110. The Morgan fingerprint density at radius 2 is 2.17 bits per heavy atom. The smallest absolute Gasteiger partial charge is 0.191 e. The Morgan fingerprint density at radius 3 is 2.78 bits per heavy atom. The third kappa shape index (κ3) is 6.86. The van der Waals surface area contributed by atoms with Crippen LogP contribution in [0.4, 0.5) is 0 Å². The third-order valence-corrected chi connectivity index (χ3v) is 5.41. The summed E-state index contributed by atoms with van der Waals surface area (Å²) in [5.41, 5.74) is 0.418. The fourth-order valence-corrected chi connectivity index (χ4v) is 4.04. The average molecular weight is 490 g/mol. The van der Waals surface area contributed by atoms with Gasteiger partial charge in [0.05, 0.1) is 5.60 Å². The first kappa shape index (κ1) is 21.2. The van der Waals surface area contributed by atoms with E-state index in [0.29, 0.717) is 29.1 Å². The highest BCUT2D eigenvalue weighted by molar-refractivity contribution is 14.0. The maximum Gasteiger partial charge on any atom is 0.191 e. The molecule has 1 unspecified atom stereocenters. The molecule has 0 bridgehead atoms. The minimum Gasteiger partial charge on any atom is -0.387 e. The molecule has 1 heterocycles. The highest BCUT2D eigenvalue weighted by atomic mass is 127. The molecule has 0 spiro atoms. The molecule has 0 amide bonds. The minimum atomic E-state index is -0.623. The van der Waals surface area contributed by atoms with Crippen LogP contribution in [-0.4, -0.2) is 48.3 Å². The topological polar surface area (TPSA) is 56.7 Å². The maximum absolute atomic E-state index is 10.3. The van der Waals surface area contributed by atoms with E-state index < -0.39 is 5.60 Å². The van der Waals surface area contributed by atoms with Crippen LogP contribution in [0.5, 0.6) is 0 Å². The molecule has 1 atom stereocenters. The molecular weight excluding hydrogens is 468 g/mol. The minimum absolute atomic E-state index is 0. The highest BCUT2D eigenvalue weighted by Gasteiger charge is 2.31. The maximum atomic E-state index is 10.3. The highest BCUT2D eigenvalue weighted by Crippen LogP contribution is 2.26. The first-order valence-corrected chi connectivity index (χ1v) is 9.12. The third-order valence-electron chi connectivity index (χ3n) is 3.59. The predicted octanol–water partition coefficient (Wildman–Crippen LogP) is 3.19. The average Bonchev–Trinajstić information content (AvgIpc) is 2.92. The fourth-order valence-electron chi connectivity index (χ4n) is 2.24. The van der Waals surface area contributed by atoms with Crippen LogP contribution >= 0.6 is 58.9 Å². The Balaban J connectivity index is 0.00000264. The predicted molar refractivity (Wildman–Crippen MR) is 112 cm³/mol. The zero-order valence-electron chi connectivity index (χ0n) is 12.9. The number of hydrogen-bond acceptors (Lipinski definition) is 3. The Bertz CT molecular complexity index is 539. The van der Waals surface area contributed by atoms with Crippen molar-refractivity contribution in [3.63, 3.8) is 0 Å². The van der Waals surface area contributed by atoms with Gasteiger partial charge in [-0.15, -0.1) is 24.0 Å². The van der Waals surface area contributed by atoms with Crippen molar-refractivity contribution in [3.05, 3.63) is 33.8 Å². The quantitative estimate of drug-likeness (QED) is 0.338. The largest absolute Gasteiger partial charge is 0.387 e. The first-order valence-electron chi connectivity index (χ1n) is 7.21. The number of hydrogen-bond donors (Lipinski definition) is 3. The molecule has 1 saturated heterocycles. The molecule has 4 nitrogen and oxygen atoms in total. The molecule has 1 aliphatic heterocycles. The number of nitrogens with one attached hydrogen (secondary N) is 2. The second kappa shape index (κ2) is 10.2. The van der Waals surface area contributed by atoms with Gasteiger partial charge in [0.15, 0.2) is 5.96 Å². The molecule has 1 aliphatic rings. The lowest BCUT2D eigenvalue weighted by Gasteiger charge is -2.23. The van der Waals surface area contributed by atoms with Gasteiger partial charge in [0.2, 0.25) is 0 Å². The molecule has 23 heavy (non-hydrogen) atoms. The van der Waals surface area contributed by atoms with Gasteiger partial charge in [-0.3, -0.25) is 4.99 Å². The lowest BCUT2D eigenvalue weighted by Crippen LogP contribution is -2.47. The van der Waals surface area contributed by atoms with Crippen molar-refractivity contribution in [2.45, 2.75) is 18.4 Å². The van der Waals surface area contributed by atoms with Crippen LogP contribution in [0.15, 0.2) is 23.2 Å². The van der Waals surface area contributed by atoms with Gasteiger partial charge in [0.1, 0.15) is 0 Å². The van der Waals surface area contributed by atoms with Gasteiger partial charge in [-0.2, -0.15) is 11.8 Å². The van der Waals surface area contributed by atoms with Crippen LogP contribution in [0.3, 0.4) is 0 Å². The van der Waals surface area contributed by atoms with Crippen LogP contribution in [0.2, 0.25) is 10.0 Å². The summed E-state index contributed by atoms with van der Waals surface area (Å²) in [4.78, 5) is 4.17. The van der Waals surface area contributed by atoms with Crippen molar-refractivity contribution in [2.24, 2.45) is 4.99 Å². The number of aliphatic hydroxyl groups is 1. The van der Waals surface area contributed by atoms with Gasteiger partial charge in [0.25, 0.3) is 0 Å². The summed E-state index contributed by atoms with van der Waals surface area (Å²) in [5, 5.41) is 18.0. The number of thioether (sulfide) groups is 1. The summed E-state index contributed by atoms with van der Waals surface area (Å²) in [7, 11) is 1.72. The lowest BCUT2D eigenvalue weighted by atomic mass is 10.0.